The van der Waals surface area contributed by atoms with Crippen LogP contribution >= 0.6 is 15.9 Å². The Morgan fingerprint density at radius 2 is 1.80 bits per heavy atom. The molecule has 2 N–H and O–H groups in total. The number of nitrogens with zero attached hydrogens (tertiary/aromatic N) is 1. The average Bonchev–Trinajstić information content (AvgIpc) is 2.39. The van der Waals surface area contributed by atoms with Crippen molar-refractivity contribution in [3.05, 3.63) is 44.9 Å². The molecule has 1 aromatic heterocycles. The predicted molar refractivity (Wildman–Crippen MR) is 82.9 cm³/mol. The topological polar surface area (TPSA) is 66.0 Å². The lowest BCUT2D eigenvalue weighted by Gasteiger charge is -2.15. The maximum absolute atomic E-state index is 12.2. The van der Waals surface area contributed by atoms with Crippen molar-refractivity contribution >= 4 is 15.9 Å². The minimum Gasteiger partial charge on any atom is -0.493 e. The zero-order valence-electron chi connectivity index (χ0n) is 11.6. The number of hydrogen-bond acceptors (Lipinski definition) is 3. The maximum Gasteiger partial charge on any atom is 0.262 e. The lowest BCUT2D eigenvalue weighted by molar-refractivity contribution is 0.437. The summed E-state index contributed by atoms with van der Waals surface area (Å²) in [7, 11) is 0. The molecule has 1 aromatic carbocycles. The van der Waals surface area contributed by atoms with Crippen LogP contribution in [0.5, 0.6) is 5.88 Å². The fourth-order valence-corrected chi connectivity index (χ4v) is 2.15. The standard InChI is InChI=1S/C15H17BrN2O2/c1-8(2)9(3)13-17-14(19)12(15(20)18-13)10-4-6-11(16)7-5-10/h4-9H,1-3H3,(H2,17,18,19,20). The Kier molecular flexibility index (Phi) is 4.28. The predicted octanol–water partition coefficient (Wildman–Crippen LogP) is 3.66. The quantitative estimate of drug-likeness (QED) is 0.898. The van der Waals surface area contributed by atoms with E-state index in [9.17, 15) is 9.90 Å². The van der Waals surface area contributed by atoms with Gasteiger partial charge >= 0.3 is 0 Å². The van der Waals surface area contributed by atoms with E-state index in [-0.39, 0.29) is 22.9 Å². The third kappa shape index (κ3) is 2.93. The number of halogens is 1. The van der Waals surface area contributed by atoms with Crippen LogP contribution in [0, 0.1) is 5.92 Å². The van der Waals surface area contributed by atoms with Crippen molar-refractivity contribution in [2.24, 2.45) is 5.92 Å². The molecule has 0 aliphatic rings. The highest BCUT2D eigenvalue weighted by molar-refractivity contribution is 9.10. The van der Waals surface area contributed by atoms with Crippen molar-refractivity contribution in [1.82, 2.24) is 9.97 Å². The van der Waals surface area contributed by atoms with Crippen LogP contribution in [0.25, 0.3) is 11.1 Å². The summed E-state index contributed by atoms with van der Waals surface area (Å²) in [5.41, 5.74) is 0.530. The molecule has 1 atom stereocenters. The zero-order chi connectivity index (χ0) is 14.9. The van der Waals surface area contributed by atoms with Crippen LogP contribution in [0.4, 0.5) is 0 Å². The van der Waals surface area contributed by atoms with Gasteiger partial charge in [0.15, 0.2) is 0 Å². The van der Waals surface area contributed by atoms with Crippen molar-refractivity contribution in [2.75, 3.05) is 0 Å². The summed E-state index contributed by atoms with van der Waals surface area (Å²) in [4.78, 5) is 19.1. The van der Waals surface area contributed by atoms with E-state index < -0.39 is 0 Å². The Morgan fingerprint density at radius 3 is 2.30 bits per heavy atom. The summed E-state index contributed by atoms with van der Waals surface area (Å²) in [5, 5.41) is 10.1. The number of nitrogens with one attached hydrogen (secondary N) is 1. The van der Waals surface area contributed by atoms with Gasteiger partial charge < -0.3 is 10.1 Å². The smallest absolute Gasteiger partial charge is 0.262 e. The molecular formula is C15H17BrN2O2. The first kappa shape index (κ1) is 14.8. The van der Waals surface area contributed by atoms with Gasteiger partial charge in [0, 0.05) is 10.4 Å². The summed E-state index contributed by atoms with van der Waals surface area (Å²) in [6.45, 7) is 6.07. The maximum atomic E-state index is 12.2. The number of aromatic nitrogens is 2. The van der Waals surface area contributed by atoms with Crippen LogP contribution in [0.15, 0.2) is 33.5 Å². The second-order valence-electron chi connectivity index (χ2n) is 5.19. The van der Waals surface area contributed by atoms with Gasteiger partial charge in [-0.15, -0.1) is 0 Å². The monoisotopic (exact) mass is 336 g/mol. The number of H-pyrrole nitrogens is 1. The summed E-state index contributed by atoms with van der Waals surface area (Å²) >= 11 is 3.34. The van der Waals surface area contributed by atoms with E-state index in [1.807, 2.05) is 32.9 Å². The fraction of sp³-hybridized carbons (Fsp3) is 0.333. The zero-order valence-corrected chi connectivity index (χ0v) is 13.2. The van der Waals surface area contributed by atoms with Gasteiger partial charge in [0.25, 0.3) is 5.56 Å². The second kappa shape index (κ2) is 5.79. The Labute approximate surface area is 126 Å². The summed E-state index contributed by atoms with van der Waals surface area (Å²) in [5.74, 6) is 0.700. The Hall–Kier alpha value is -1.62. The molecule has 20 heavy (non-hydrogen) atoms. The van der Waals surface area contributed by atoms with Crippen molar-refractivity contribution in [3.63, 3.8) is 0 Å². The molecule has 0 aliphatic heterocycles. The van der Waals surface area contributed by atoms with Crippen LogP contribution in [-0.4, -0.2) is 15.1 Å². The van der Waals surface area contributed by atoms with E-state index in [0.29, 0.717) is 17.3 Å². The SMILES string of the molecule is CC(C)C(C)c1nc(O)c(-c2ccc(Br)cc2)c(=O)[nH]1. The molecule has 2 aromatic rings. The van der Waals surface area contributed by atoms with Crippen LogP contribution in [0.3, 0.4) is 0 Å². The lowest BCUT2D eigenvalue weighted by atomic mass is 9.97. The third-order valence-electron chi connectivity index (χ3n) is 3.48. The third-order valence-corrected chi connectivity index (χ3v) is 4.01. The molecule has 4 nitrogen and oxygen atoms in total. The Bertz CT molecular complexity index is 663. The van der Waals surface area contributed by atoms with Crippen LogP contribution in [-0.2, 0) is 0 Å². The first-order chi connectivity index (χ1) is 9.40. The normalized spacial score (nSPS) is 12.7. The van der Waals surface area contributed by atoms with Crippen molar-refractivity contribution in [3.8, 4) is 17.0 Å². The molecule has 5 heteroatoms. The molecule has 0 spiro atoms. The molecule has 0 aliphatic carbocycles. The molecule has 0 bridgehead atoms. The highest BCUT2D eigenvalue weighted by Gasteiger charge is 2.18. The van der Waals surface area contributed by atoms with Gasteiger partial charge in [-0.2, -0.15) is 4.98 Å². The first-order valence-electron chi connectivity index (χ1n) is 6.49. The van der Waals surface area contributed by atoms with Gasteiger partial charge in [0.2, 0.25) is 5.88 Å². The van der Waals surface area contributed by atoms with Crippen LogP contribution in [0.2, 0.25) is 0 Å². The molecule has 1 unspecified atom stereocenters. The molecule has 0 saturated heterocycles. The molecule has 2 rings (SSSR count). The van der Waals surface area contributed by atoms with Gasteiger partial charge in [-0.25, -0.2) is 0 Å². The number of aromatic amines is 1. The summed E-state index contributed by atoms with van der Waals surface area (Å²) in [6, 6.07) is 7.17. The number of aromatic hydroxyl groups is 1. The lowest BCUT2D eigenvalue weighted by Crippen LogP contribution is -2.17. The van der Waals surface area contributed by atoms with E-state index in [4.69, 9.17) is 0 Å². The summed E-state index contributed by atoms with van der Waals surface area (Å²) in [6.07, 6.45) is 0. The van der Waals surface area contributed by atoms with Gasteiger partial charge in [0.1, 0.15) is 11.4 Å². The Balaban J connectivity index is 2.52. The van der Waals surface area contributed by atoms with Crippen LogP contribution in [0.1, 0.15) is 32.5 Å². The first-order valence-corrected chi connectivity index (χ1v) is 7.28. The molecule has 106 valence electrons. The van der Waals surface area contributed by atoms with E-state index in [1.165, 1.54) is 0 Å². The Morgan fingerprint density at radius 1 is 1.20 bits per heavy atom. The highest BCUT2D eigenvalue weighted by Crippen LogP contribution is 2.27. The molecule has 0 fully saturated rings. The molecule has 0 radical (unpaired) electrons. The number of benzene rings is 1. The van der Waals surface area contributed by atoms with Crippen molar-refractivity contribution in [1.29, 1.82) is 0 Å². The number of rotatable bonds is 3. The number of hydrogen-bond donors (Lipinski definition) is 2. The van der Waals surface area contributed by atoms with E-state index >= 15 is 0 Å². The largest absolute Gasteiger partial charge is 0.493 e. The van der Waals surface area contributed by atoms with E-state index in [2.05, 4.69) is 25.9 Å². The molecule has 1 heterocycles. The van der Waals surface area contributed by atoms with Gasteiger partial charge in [-0.05, 0) is 23.6 Å². The fourth-order valence-electron chi connectivity index (χ4n) is 1.89. The van der Waals surface area contributed by atoms with Crippen molar-refractivity contribution < 1.29 is 5.11 Å². The average molecular weight is 337 g/mol. The van der Waals surface area contributed by atoms with Gasteiger partial charge in [0.05, 0.1) is 0 Å². The van der Waals surface area contributed by atoms with E-state index in [0.717, 1.165) is 4.47 Å². The highest BCUT2D eigenvalue weighted by atomic mass is 79.9. The minimum absolute atomic E-state index is 0.0765. The van der Waals surface area contributed by atoms with Crippen molar-refractivity contribution in [2.45, 2.75) is 26.7 Å². The van der Waals surface area contributed by atoms with Gasteiger partial charge in [-0.3, -0.25) is 4.79 Å². The second-order valence-corrected chi connectivity index (χ2v) is 6.11. The van der Waals surface area contributed by atoms with Crippen LogP contribution < -0.4 is 5.56 Å². The molecule has 0 saturated carbocycles. The van der Waals surface area contributed by atoms with E-state index in [1.54, 1.807) is 12.1 Å². The van der Waals surface area contributed by atoms with Gasteiger partial charge in [-0.1, -0.05) is 48.8 Å². The molecular weight excluding hydrogens is 320 g/mol. The molecule has 0 amide bonds. The summed E-state index contributed by atoms with van der Waals surface area (Å²) < 4.78 is 0.912. The minimum atomic E-state index is -0.317.